The lowest BCUT2D eigenvalue weighted by molar-refractivity contribution is 0.204. The molecule has 7 heteroatoms. The van der Waals surface area contributed by atoms with Crippen molar-refractivity contribution in [1.29, 1.82) is 0 Å². The molecule has 0 saturated heterocycles. The molecule has 0 aliphatic carbocycles. The minimum Gasteiger partial charge on any atom is -0.383 e. The van der Waals surface area contributed by atoms with Crippen molar-refractivity contribution in [1.82, 2.24) is 10.7 Å². The minimum absolute atomic E-state index is 0.418. The van der Waals surface area contributed by atoms with Crippen molar-refractivity contribution in [2.45, 2.75) is 0 Å². The van der Waals surface area contributed by atoms with Crippen molar-refractivity contribution in [3.05, 3.63) is 33.8 Å². The van der Waals surface area contributed by atoms with E-state index in [0.29, 0.717) is 28.3 Å². The van der Waals surface area contributed by atoms with E-state index in [1.807, 2.05) is 0 Å². The molecule has 2 N–H and O–H groups in total. The highest BCUT2D eigenvalue weighted by molar-refractivity contribution is 7.80. The number of halogens is 2. The molecule has 0 amide bonds. The third-order valence-corrected chi connectivity index (χ3v) is 3.01. The fraction of sp³-hybridized carbons (Fsp3) is 0.273. The van der Waals surface area contributed by atoms with Crippen LogP contribution in [-0.4, -0.2) is 31.6 Å². The molecular weight excluding hydrogens is 293 g/mol. The van der Waals surface area contributed by atoms with Crippen molar-refractivity contribution in [2.75, 3.05) is 20.3 Å². The van der Waals surface area contributed by atoms with E-state index in [4.69, 9.17) is 40.2 Å². The molecule has 98 valence electrons. The Morgan fingerprint density at radius 3 is 3.00 bits per heavy atom. The SMILES string of the molecule is COCCNC(=S)N/N=C\c1cccc(Cl)c1Cl. The Balaban J connectivity index is 2.45. The van der Waals surface area contributed by atoms with E-state index in [2.05, 4.69) is 15.8 Å². The molecule has 4 nitrogen and oxygen atoms in total. The van der Waals surface area contributed by atoms with Crippen LogP contribution in [0.1, 0.15) is 5.56 Å². The van der Waals surface area contributed by atoms with Crippen molar-refractivity contribution < 1.29 is 4.74 Å². The predicted molar refractivity (Wildman–Crippen MR) is 79.7 cm³/mol. The molecule has 0 spiro atoms. The van der Waals surface area contributed by atoms with Crippen LogP contribution < -0.4 is 10.7 Å². The van der Waals surface area contributed by atoms with E-state index < -0.39 is 0 Å². The molecule has 0 heterocycles. The van der Waals surface area contributed by atoms with Gasteiger partial charge in [-0.05, 0) is 18.3 Å². The van der Waals surface area contributed by atoms with E-state index in [9.17, 15) is 0 Å². The van der Waals surface area contributed by atoms with Gasteiger partial charge in [-0.2, -0.15) is 5.10 Å². The van der Waals surface area contributed by atoms with Crippen LogP contribution in [0.25, 0.3) is 0 Å². The number of hydrazone groups is 1. The Bertz CT molecular complexity index is 440. The summed E-state index contributed by atoms with van der Waals surface area (Å²) >= 11 is 16.9. The van der Waals surface area contributed by atoms with Crippen LogP contribution in [0.5, 0.6) is 0 Å². The van der Waals surface area contributed by atoms with Crippen molar-refractivity contribution in [3.8, 4) is 0 Å². The molecule has 1 aromatic carbocycles. The van der Waals surface area contributed by atoms with E-state index in [-0.39, 0.29) is 0 Å². The molecule has 0 unspecified atom stereocenters. The molecule has 1 rings (SSSR count). The van der Waals surface area contributed by atoms with Crippen LogP contribution in [0.4, 0.5) is 0 Å². The largest absolute Gasteiger partial charge is 0.383 e. The summed E-state index contributed by atoms with van der Waals surface area (Å²) in [5.74, 6) is 0. The Morgan fingerprint density at radius 2 is 2.28 bits per heavy atom. The first-order valence-corrected chi connectivity index (χ1v) is 6.31. The average Bonchev–Trinajstić information content (AvgIpc) is 2.35. The lowest BCUT2D eigenvalue weighted by Gasteiger charge is -2.05. The standard InChI is InChI=1S/C11H13Cl2N3OS/c1-17-6-5-14-11(18)16-15-7-8-3-2-4-9(12)10(8)13/h2-4,7H,5-6H2,1H3,(H2,14,16,18)/b15-7-. The van der Waals surface area contributed by atoms with Crippen LogP contribution in [0.3, 0.4) is 0 Å². The van der Waals surface area contributed by atoms with Crippen molar-refractivity contribution in [3.63, 3.8) is 0 Å². The lowest BCUT2D eigenvalue weighted by Crippen LogP contribution is -2.34. The number of methoxy groups -OCH3 is 1. The van der Waals surface area contributed by atoms with Gasteiger partial charge in [-0.25, -0.2) is 0 Å². The van der Waals surface area contributed by atoms with Crippen LogP contribution in [0, 0.1) is 0 Å². The summed E-state index contributed by atoms with van der Waals surface area (Å²) in [5, 5.41) is 8.24. The van der Waals surface area contributed by atoms with Gasteiger partial charge in [-0.1, -0.05) is 35.3 Å². The lowest BCUT2D eigenvalue weighted by atomic mass is 10.2. The monoisotopic (exact) mass is 305 g/mol. The normalized spacial score (nSPS) is 10.6. The van der Waals surface area contributed by atoms with Gasteiger partial charge in [0.25, 0.3) is 0 Å². The van der Waals surface area contributed by atoms with E-state index in [0.717, 1.165) is 5.56 Å². The van der Waals surface area contributed by atoms with Crippen LogP contribution in [-0.2, 0) is 4.74 Å². The zero-order chi connectivity index (χ0) is 13.4. The zero-order valence-electron chi connectivity index (χ0n) is 9.74. The molecule has 0 aliphatic heterocycles. The molecule has 0 bridgehead atoms. The number of ether oxygens (including phenoxy) is 1. The van der Waals surface area contributed by atoms with Gasteiger partial charge in [0.15, 0.2) is 5.11 Å². The summed E-state index contributed by atoms with van der Waals surface area (Å²) in [6.07, 6.45) is 1.55. The first kappa shape index (κ1) is 15.2. The summed E-state index contributed by atoms with van der Waals surface area (Å²) in [6, 6.07) is 5.32. The summed E-state index contributed by atoms with van der Waals surface area (Å²) in [4.78, 5) is 0. The maximum absolute atomic E-state index is 5.99. The highest BCUT2D eigenvalue weighted by atomic mass is 35.5. The number of thiocarbonyl (C=S) groups is 1. The molecule has 0 aromatic heterocycles. The molecule has 0 radical (unpaired) electrons. The number of nitrogens with one attached hydrogen (secondary N) is 2. The Labute approximate surface area is 121 Å². The molecular formula is C11H13Cl2N3OS. The molecule has 1 aromatic rings. The molecule has 18 heavy (non-hydrogen) atoms. The Kier molecular flexibility index (Phi) is 6.97. The Morgan fingerprint density at radius 1 is 1.50 bits per heavy atom. The third-order valence-electron chi connectivity index (χ3n) is 1.94. The second kappa shape index (κ2) is 8.26. The van der Waals surface area contributed by atoms with Gasteiger partial charge in [0.2, 0.25) is 0 Å². The maximum Gasteiger partial charge on any atom is 0.187 e. The van der Waals surface area contributed by atoms with Gasteiger partial charge >= 0.3 is 0 Å². The number of nitrogens with zero attached hydrogens (tertiary/aromatic N) is 1. The first-order chi connectivity index (χ1) is 8.65. The van der Waals surface area contributed by atoms with Gasteiger partial charge < -0.3 is 10.1 Å². The van der Waals surface area contributed by atoms with Crippen LogP contribution in [0.2, 0.25) is 10.0 Å². The van der Waals surface area contributed by atoms with Gasteiger partial charge in [0, 0.05) is 19.2 Å². The molecule has 0 atom stereocenters. The van der Waals surface area contributed by atoms with Gasteiger partial charge in [0.1, 0.15) is 0 Å². The van der Waals surface area contributed by atoms with Crippen molar-refractivity contribution >= 4 is 46.7 Å². The minimum atomic E-state index is 0.418. The maximum atomic E-state index is 5.99. The zero-order valence-corrected chi connectivity index (χ0v) is 12.1. The molecule has 0 aliphatic rings. The molecule has 0 fully saturated rings. The highest BCUT2D eigenvalue weighted by Gasteiger charge is 2.01. The van der Waals surface area contributed by atoms with E-state index in [1.54, 1.807) is 31.5 Å². The summed E-state index contributed by atoms with van der Waals surface area (Å²) in [6.45, 7) is 1.20. The quantitative estimate of drug-likeness (QED) is 0.380. The topological polar surface area (TPSA) is 45.6 Å². The number of hydrogen-bond acceptors (Lipinski definition) is 3. The smallest absolute Gasteiger partial charge is 0.187 e. The fourth-order valence-electron chi connectivity index (χ4n) is 1.09. The van der Waals surface area contributed by atoms with Crippen molar-refractivity contribution in [2.24, 2.45) is 5.10 Å². The van der Waals surface area contributed by atoms with Gasteiger partial charge in [-0.15, -0.1) is 0 Å². The second-order valence-corrected chi connectivity index (χ2v) is 4.46. The summed E-state index contributed by atoms with van der Waals surface area (Å²) in [5.41, 5.74) is 3.39. The fourth-order valence-corrected chi connectivity index (χ4v) is 1.60. The van der Waals surface area contributed by atoms with Gasteiger partial charge in [-0.3, -0.25) is 5.43 Å². The summed E-state index contributed by atoms with van der Waals surface area (Å²) < 4.78 is 4.87. The highest BCUT2D eigenvalue weighted by Crippen LogP contribution is 2.23. The average molecular weight is 306 g/mol. The number of hydrogen-bond donors (Lipinski definition) is 2. The first-order valence-electron chi connectivity index (χ1n) is 5.15. The van der Waals surface area contributed by atoms with Crippen LogP contribution >= 0.6 is 35.4 Å². The summed E-state index contributed by atoms with van der Waals surface area (Å²) in [7, 11) is 1.62. The van der Waals surface area contributed by atoms with E-state index >= 15 is 0 Å². The third kappa shape index (κ3) is 5.18. The number of benzene rings is 1. The number of rotatable bonds is 5. The van der Waals surface area contributed by atoms with Gasteiger partial charge in [0.05, 0.1) is 22.9 Å². The van der Waals surface area contributed by atoms with E-state index in [1.165, 1.54) is 0 Å². The molecule has 0 saturated carbocycles. The second-order valence-electron chi connectivity index (χ2n) is 3.26. The Hall–Kier alpha value is -0.880. The predicted octanol–water partition coefficient (Wildman–Crippen LogP) is 2.44. The van der Waals surface area contributed by atoms with Crippen LogP contribution in [0.15, 0.2) is 23.3 Å².